The molecule has 1 aliphatic heterocycles. The second kappa shape index (κ2) is 4.91. The minimum atomic E-state index is -0.000772. The summed E-state index contributed by atoms with van der Waals surface area (Å²) in [6.45, 7) is 3.52. The summed E-state index contributed by atoms with van der Waals surface area (Å²) in [5.41, 5.74) is 0.905. The summed E-state index contributed by atoms with van der Waals surface area (Å²) in [5, 5.41) is 0. The van der Waals surface area contributed by atoms with Crippen LogP contribution >= 0.6 is 11.6 Å². The summed E-state index contributed by atoms with van der Waals surface area (Å²) in [6.07, 6.45) is 3.40. The van der Waals surface area contributed by atoms with Crippen LogP contribution in [0.5, 0.6) is 0 Å². The zero-order valence-electron chi connectivity index (χ0n) is 9.46. The quantitative estimate of drug-likeness (QED) is 0.746. The molecule has 88 valence electrons. The van der Waals surface area contributed by atoms with Crippen LogP contribution in [0.1, 0.15) is 41.1 Å². The van der Waals surface area contributed by atoms with Crippen molar-refractivity contribution in [3.8, 4) is 0 Å². The maximum atomic E-state index is 12.1. The molecule has 3 nitrogen and oxygen atoms in total. The highest BCUT2D eigenvalue weighted by Gasteiger charge is 2.21. The monoisotopic (exact) mass is 241 g/mol. The van der Waals surface area contributed by atoms with E-state index in [1.807, 2.05) is 11.8 Å². The van der Waals surface area contributed by atoms with E-state index < -0.39 is 0 Å². The number of carbonyl (C=O) groups is 1. The van der Waals surface area contributed by atoms with Gasteiger partial charge in [-0.3, -0.25) is 4.79 Å². The third-order valence-electron chi connectivity index (χ3n) is 3.02. The summed E-state index contributed by atoms with van der Waals surface area (Å²) in [4.78, 5) is 13.9. The minimum Gasteiger partial charge on any atom is -0.456 e. The van der Waals surface area contributed by atoms with Crippen LogP contribution in [0.3, 0.4) is 0 Å². The van der Waals surface area contributed by atoms with Crippen molar-refractivity contribution in [2.45, 2.75) is 32.1 Å². The first kappa shape index (κ1) is 11.5. The van der Waals surface area contributed by atoms with Crippen LogP contribution in [0.25, 0.3) is 0 Å². The van der Waals surface area contributed by atoms with Gasteiger partial charge in [-0.2, -0.15) is 0 Å². The smallest absolute Gasteiger partial charge is 0.289 e. The zero-order chi connectivity index (χ0) is 11.5. The van der Waals surface area contributed by atoms with Crippen molar-refractivity contribution < 1.29 is 9.21 Å². The second-order valence-corrected chi connectivity index (χ2v) is 4.45. The highest BCUT2D eigenvalue weighted by Crippen LogP contribution is 2.19. The molecule has 4 heteroatoms. The van der Waals surface area contributed by atoms with Crippen LogP contribution in [-0.2, 0) is 5.88 Å². The van der Waals surface area contributed by atoms with Gasteiger partial charge in [-0.15, -0.1) is 11.6 Å². The summed E-state index contributed by atoms with van der Waals surface area (Å²) in [6, 6.07) is 1.76. The van der Waals surface area contributed by atoms with E-state index in [-0.39, 0.29) is 5.91 Å². The lowest BCUT2D eigenvalue weighted by Crippen LogP contribution is -2.35. The molecule has 0 aromatic carbocycles. The zero-order valence-corrected chi connectivity index (χ0v) is 10.2. The van der Waals surface area contributed by atoms with Gasteiger partial charge in [0.1, 0.15) is 5.76 Å². The van der Waals surface area contributed by atoms with E-state index in [0.717, 1.165) is 37.3 Å². The minimum absolute atomic E-state index is 0.000772. The van der Waals surface area contributed by atoms with Gasteiger partial charge in [0.15, 0.2) is 5.76 Å². The fraction of sp³-hybridized carbons (Fsp3) is 0.583. The molecule has 1 amide bonds. The number of likely N-dealkylation sites (tertiary alicyclic amines) is 1. The number of rotatable bonds is 2. The number of piperidine rings is 1. The third kappa shape index (κ3) is 2.24. The molecule has 0 aliphatic carbocycles. The largest absolute Gasteiger partial charge is 0.456 e. The van der Waals surface area contributed by atoms with E-state index >= 15 is 0 Å². The molecule has 2 rings (SSSR count). The van der Waals surface area contributed by atoms with Gasteiger partial charge in [0.2, 0.25) is 0 Å². The number of carbonyl (C=O) groups excluding carboxylic acids is 1. The molecule has 0 spiro atoms. The van der Waals surface area contributed by atoms with Crippen molar-refractivity contribution in [1.82, 2.24) is 4.90 Å². The number of nitrogens with zero attached hydrogens (tertiary/aromatic N) is 1. The molecule has 0 bridgehead atoms. The van der Waals surface area contributed by atoms with Crippen molar-refractivity contribution in [2.24, 2.45) is 0 Å². The standard InChI is InChI=1S/C12H16ClNO2/c1-9-10(8-13)7-11(16-9)12(15)14-5-3-2-4-6-14/h7H,2-6,8H2,1H3. The first-order valence-electron chi connectivity index (χ1n) is 5.67. The Hall–Kier alpha value is -0.960. The van der Waals surface area contributed by atoms with Gasteiger partial charge < -0.3 is 9.32 Å². The van der Waals surface area contributed by atoms with Gasteiger partial charge in [0.05, 0.1) is 5.88 Å². The van der Waals surface area contributed by atoms with Crippen molar-refractivity contribution >= 4 is 17.5 Å². The number of amides is 1. The average molecular weight is 242 g/mol. The molecule has 0 atom stereocenters. The van der Waals surface area contributed by atoms with E-state index in [2.05, 4.69) is 0 Å². The topological polar surface area (TPSA) is 33.5 Å². The summed E-state index contributed by atoms with van der Waals surface area (Å²) < 4.78 is 5.44. The Balaban J connectivity index is 2.13. The van der Waals surface area contributed by atoms with Crippen LogP contribution < -0.4 is 0 Å². The van der Waals surface area contributed by atoms with Crippen LogP contribution in [0.15, 0.2) is 10.5 Å². The molecule has 1 aromatic heterocycles. The van der Waals surface area contributed by atoms with Crippen molar-refractivity contribution in [1.29, 1.82) is 0 Å². The van der Waals surface area contributed by atoms with E-state index in [0.29, 0.717) is 11.6 Å². The average Bonchev–Trinajstić information content (AvgIpc) is 2.71. The molecule has 0 radical (unpaired) electrons. The number of furan rings is 1. The lowest BCUT2D eigenvalue weighted by atomic mass is 10.1. The molecule has 1 fully saturated rings. The van der Waals surface area contributed by atoms with E-state index in [9.17, 15) is 4.79 Å². The molecule has 2 heterocycles. The number of aryl methyl sites for hydroxylation is 1. The number of hydrogen-bond donors (Lipinski definition) is 0. The highest BCUT2D eigenvalue weighted by atomic mass is 35.5. The predicted molar refractivity (Wildman–Crippen MR) is 62.8 cm³/mol. The normalized spacial score (nSPS) is 16.5. The highest BCUT2D eigenvalue weighted by molar-refractivity contribution is 6.17. The van der Waals surface area contributed by atoms with Gasteiger partial charge in [-0.1, -0.05) is 0 Å². The Morgan fingerprint density at radius 1 is 1.44 bits per heavy atom. The fourth-order valence-corrected chi connectivity index (χ4v) is 2.28. The fourth-order valence-electron chi connectivity index (χ4n) is 2.01. The second-order valence-electron chi connectivity index (χ2n) is 4.18. The molecular formula is C12H16ClNO2. The van der Waals surface area contributed by atoms with E-state index in [1.54, 1.807) is 6.07 Å². The van der Waals surface area contributed by atoms with Crippen LogP contribution in [0.2, 0.25) is 0 Å². The molecule has 1 saturated heterocycles. The first-order valence-corrected chi connectivity index (χ1v) is 6.20. The Kier molecular flexibility index (Phi) is 3.54. The molecule has 0 N–H and O–H groups in total. The lowest BCUT2D eigenvalue weighted by molar-refractivity contribution is 0.0691. The third-order valence-corrected chi connectivity index (χ3v) is 3.31. The Morgan fingerprint density at radius 2 is 2.12 bits per heavy atom. The van der Waals surface area contributed by atoms with Gasteiger partial charge >= 0.3 is 0 Å². The van der Waals surface area contributed by atoms with Crippen molar-refractivity contribution in [3.05, 3.63) is 23.2 Å². The predicted octanol–water partition coefficient (Wildman–Crippen LogP) is 2.95. The maximum Gasteiger partial charge on any atom is 0.289 e. The molecule has 0 unspecified atom stereocenters. The number of hydrogen-bond acceptors (Lipinski definition) is 2. The summed E-state index contributed by atoms with van der Waals surface area (Å²) in [5.74, 6) is 1.56. The van der Waals surface area contributed by atoms with E-state index in [4.69, 9.17) is 16.0 Å². The Labute approximate surface area is 100 Å². The van der Waals surface area contributed by atoms with Crippen LogP contribution in [0.4, 0.5) is 0 Å². The van der Waals surface area contributed by atoms with Crippen molar-refractivity contribution in [3.63, 3.8) is 0 Å². The molecule has 1 aromatic rings. The lowest BCUT2D eigenvalue weighted by Gasteiger charge is -2.25. The summed E-state index contributed by atoms with van der Waals surface area (Å²) in [7, 11) is 0. The Bertz CT molecular complexity index is 380. The number of alkyl halides is 1. The van der Waals surface area contributed by atoms with Gasteiger partial charge in [-0.05, 0) is 32.3 Å². The van der Waals surface area contributed by atoms with Gasteiger partial charge in [0.25, 0.3) is 5.91 Å². The Morgan fingerprint density at radius 3 is 2.69 bits per heavy atom. The summed E-state index contributed by atoms with van der Waals surface area (Å²) >= 11 is 5.75. The molecule has 16 heavy (non-hydrogen) atoms. The molecule has 0 saturated carbocycles. The van der Waals surface area contributed by atoms with Crippen LogP contribution in [-0.4, -0.2) is 23.9 Å². The van der Waals surface area contributed by atoms with E-state index in [1.165, 1.54) is 6.42 Å². The molecular weight excluding hydrogens is 226 g/mol. The first-order chi connectivity index (χ1) is 7.72. The van der Waals surface area contributed by atoms with Crippen molar-refractivity contribution in [2.75, 3.05) is 13.1 Å². The van der Waals surface area contributed by atoms with Crippen LogP contribution in [0, 0.1) is 6.92 Å². The molecule has 1 aliphatic rings. The SMILES string of the molecule is Cc1oc(C(=O)N2CCCCC2)cc1CCl. The number of halogens is 1. The van der Waals surface area contributed by atoms with Gasteiger partial charge in [-0.25, -0.2) is 0 Å². The van der Waals surface area contributed by atoms with Gasteiger partial charge in [0, 0.05) is 18.7 Å². The maximum absolute atomic E-state index is 12.1.